The fraction of sp³-hybridized carbons (Fsp3) is 0.344. The van der Waals surface area contributed by atoms with Crippen molar-refractivity contribution in [3.8, 4) is 28.6 Å². The predicted octanol–water partition coefficient (Wildman–Crippen LogP) is 4.29. The topological polar surface area (TPSA) is 100 Å². The SMILES string of the molecule is Cn1cnnc1-c1cc(C#N)ccc1-c1cc(C2CC2)nc(N2Cc3ccc(CN4CC5(COC5)C4)cc3C2=O)c1. The Bertz CT molecular complexity index is 1750. The highest BCUT2D eigenvalue weighted by atomic mass is 16.5. The van der Waals surface area contributed by atoms with E-state index in [0.29, 0.717) is 35.1 Å². The van der Waals surface area contributed by atoms with Crippen molar-refractivity contribution in [2.45, 2.75) is 31.8 Å². The molecule has 8 rings (SSSR count). The van der Waals surface area contributed by atoms with E-state index in [1.165, 1.54) is 5.56 Å². The molecule has 9 heteroatoms. The summed E-state index contributed by atoms with van der Waals surface area (Å²) < 4.78 is 7.26. The van der Waals surface area contributed by atoms with Crippen molar-refractivity contribution in [3.63, 3.8) is 0 Å². The number of ether oxygens (including phenoxy) is 1. The van der Waals surface area contributed by atoms with E-state index >= 15 is 0 Å². The molecule has 0 radical (unpaired) electrons. The van der Waals surface area contributed by atoms with Crippen molar-refractivity contribution in [3.05, 3.63) is 82.8 Å². The fourth-order valence-corrected chi connectivity index (χ4v) is 6.47. The average Bonchev–Trinajstić information content (AvgIpc) is 3.64. The smallest absolute Gasteiger partial charge is 0.260 e. The average molecular weight is 544 g/mol. The standard InChI is InChI=1S/C32H29N7O2/c1-37-19-34-36-30(37)27-8-20(12-33)3-7-25(27)24-10-28(22-5-6-22)35-29(11-24)39-14-23-4-2-21(9-26(23)31(39)40)13-38-15-32(16-38)17-41-18-32/h2-4,7-11,19,22H,5-6,13-18H2,1H3. The van der Waals surface area contributed by atoms with Gasteiger partial charge in [-0.3, -0.25) is 14.6 Å². The minimum Gasteiger partial charge on any atom is -0.380 e. The first-order valence-corrected chi connectivity index (χ1v) is 14.1. The zero-order chi connectivity index (χ0) is 27.7. The lowest BCUT2D eigenvalue weighted by atomic mass is 9.78. The van der Waals surface area contributed by atoms with Crippen molar-refractivity contribution in [1.82, 2.24) is 24.6 Å². The summed E-state index contributed by atoms with van der Waals surface area (Å²) in [7, 11) is 1.89. The van der Waals surface area contributed by atoms with Crippen LogP contribution in [0.2, 0.25) is 0 Å². The molecule has 3 aliphatic heterocycles. The molecule has 9 nitrogen and oxygen atoms in total. The van der Waals surface area contributed by atoms with Crippen molar-refractivity contribution in [2.24, 2.45) is 12.5 Å². The Balaban J connectivity index is 1.13. The minimum absolute atomic E-state index is 0.00549. The van der Waals surface area contributed by atoms with Gasteiger partial charge in [-0.25, -0.2) is 4.98 Å². The Hall–Kier alpha value is -4.39. The quantitative estimate of drug-likeness (QED) is 0.358. The zero-order valence-electron chi connectivity index (χ0n) is 22.9. The number of carbonyl (C=O) groups is 1. The molecule has 0 unspecified atom stereocenters. The molecule has 0 bridgehead atoms. The summed E-state index contributed by atoms with van der Waals surface area (Å²) in [5, 5.41) is 18.0. The first kappa shape index (κ1) is 24.4. The van der Waals surface area contributed by atoms with Crippen LogP contribution in [0.25, 0.3) is 22.5 Å². The van der Waals surface area contributed by atoms with Gasteiger partial charge >= 0.3 is 0 Å². The van der Waals surface area contributed by atoms with Crippen LogP contribution in [0.15, 0.2) is 54.9 Å². The van der Waals surface area contributed by atoms with Gasteiger partial charge in [0, 0.05) is 54.8 Å². The maximum atomic E-state index is 13.8. The summed E-state index contributed by atoms with van der Waals surface area (Å²) in [5.41, 5.74) is 7.61. The monoisotopic (exact) mass is 543 g/mol. The molecule has 4 aliphatic rings. The number of hydrogen-bond donors (Lipinski definition) is 0. The summed E-state index contributed by atoms with van der Waals surface area (Å²) >= 11 is 0. The number of aromatic nitrogens is 4. The zero-order valence-corrected chi connectivity index (χ0v) is 22.9. The lowest BCUT2D eigenvalue weighted by Gasteiger charge is -2.55. The van der Waals surface area contributed by atoms with E-state index in [0.717, 1.165) is 79.2 Å². The maximum absolute atomic E-state index is 13.8. The Kier molecular flexibility index (Phi) is 5.39. The van der Waals surface area contributed by atoms with Gasteiger partial charge in [0.2, 0.25) is 0 Å². The number of nitrogens with zero attached hydrogens (tertiary/aromatic N) is 7. The minimum atomic E-state index is -0.00549. The fourth-order valence-electron chi connectivity index (χ4n) is 6.47. The highest BCUT2D eigenvalue weighted by Gasteiger charge is 2.48. The van der Waals surface area contributed by atoms with Crippen LogP contribution in [0.5, 0.6) is 0 Å². The lowest BCUT2D eigenvalue weighted by molar-refractivity contribution is -0.191. The van der Waals surface area contributed by atoms with Crippen LogP contribution in [-0.2, 0) is 24.9 Å². The number of hydrogen-bond acceptors (Lipinski definition) is 7. The van der Waals surface area contributed by atoms with Gasteiger partial charge in [-0.2, -0.15) is 5.26 Å². The van der Waals surface area contributed by atoms with Gasteiger partial charge in [-0.1, -0.05) is 18.2 Å². The molecular weight excluding hydrogens is 514 g/mol. The number of fused-ring (bicyclic) bond motifs is 1. The number of rotatable bonds is 6. The number of amides is 1. The number of pyridine rings is 1. The third kappa shape index (κ3) is 4.14. The summed E-state index contributed by atoms with van der Waals surface area (Å²) in [6.45, 7) is 5.23. The van der Waals surface area contributed by atoms with Gasteiger partial charge < -0.3 is 9.30 Å². The molecule has 4 aromatic rings. The predicted molar refractivity (Wildman–Crippen MR) is 152 cm³/mol. The van der Waals surface area contributed by atoms with E-state index in [1.807, 2.05) is 35.9 Å². The Morgan fingerprint density at radius 2 is 1.90 bits per heavy atom. The van der Waals surface area contributed by atoms with E-state index in [1.54, 1.807) is 11.2 Å². The van der Waals surface area contributed by atoms with Crippen molar-refractivity contribution in [2.75, 3.05) is 31.2 Å². The van der Waals surface area contributed by atoms with Crippen molar-refractivity contribution < 1.29 is 9.53 Å². The number of likely N-dealkylation sites (tertiary alicyclic amines) is 1. The van der Waals surface area contributed by atoms with Crippen LogP contribution in [0, 0.1) is 16.7 Å². The molecule has 0 atom stereocenters. The van der Waals surface area contributed by atoms with Crippen LogP contribution < -0.4 is 4.90 Å². The molecule has 1 spiro atoms. The van der Waals surface area contributed by atoms with Crippen molar-refractivity contribution in [1.29, 1.82) is 5.26 Å². The maximum Gasteiger partial charge on any atom is 0.260 e. The lowest BCUT2D eigenvalue weighted by Crippen LogP contribution is -2.65. The van der Waals surface area contributed by atoms with Crippen LogP contribution in [-0.4, -0.2) is 56.9 Å². The number of nitriles is 1. The number of carbonyl (C=O) groups excluding carboxylic acids is 1. The summed E-state index contributed by atoms with van der Waals surface area (Å²) in [4.78, 5) is 23.0. The first-order valence-electron chi connectivity index (χ1n) is 14.1. The Labute approximate surface area is 238 Å². The molecule has 1 aliphatic carbocycles. The second-order valence-corrected chi connectivity index (χ2v) is 12.1. The molecule has 2 aromatic heterocycles. The summed E-state index contributed by atoms with van der Waals surface area (Å²) in [6, 6.07) is 18.3. The second-order valence-electron chi connectivity index (χ2n) is 12.1. The molecule has 41 heavy (non-hydrogen) atoms. The highest BCUT2D eigenvalue weighted by Crippen LogP contribution is 2.43. The largest absolute Gasteiger partial charge is 0.380 e. The van der Waals surface area contributed by atoms with Gasteiger partial charge in [0.05, 0.1) is 31.4 Å². The molecular formula is C32H29N7O2. The number of anilines is 1. The van der Waals surface area contributed by atoms with Gasteiger partial charge in [-0.15, -0.1) is 10.2 Å². The number of aryl methyl sites for hydroxylation is 1. The van der Waals surface area contributed by atoms with E-state index in [2.05, 4.69) is 45.4 Å². The van der Waals surface area contributed by atoms with Crippen molar-refractivity contribution >= 4 is 11.7 Å². The Morgan fingerprint density at radius 1 is 1.05 bits per heavy atom. The van der Waals surface area contributed by atoms with Crippen LogP contribution in [0.1, 0.15) is 51.5 Å². The van der Waals surface area contributed by atoms with Gasteiger partial charge in [0.1, 0.15) is 12.1 Å². The molecule has 0 N–H and O–H groups in total. The number of benzene rings is 2. The normalized spacial score (nSPS) is 19.1. The molecule has 1 saturated carbocycles. The van der Waals surface area contributed by atoms with E-state index < -0.39 is 0 Å². The summed E-state index contributed by atoms with van der Waals surface area (Å²) in [5.74, 6) is 1.74. The van der Waals surface area contributed by atoms with Gasteiger partial charge in [0.25, 0.3) is 5.91 Å². The molecule has 5 heterocycles. The molecule has 1 amide bonds. The molecule has 2 aromatic carbocycles. The van der Waals surface area contributed by atoms with Gasteiger partial charge in [-0.05, 0) is 65.4 Å². The van der Waals surface area contributed by atoms with Crippen LogP contribution in [0.4, 0.5) is 5.82 Å². The van der Waals surface area contributed by atoms with E-state index in [4.69, 9.17) is 9.72 Å². The molecule has 3 fully saturated rings. The molecule has 204 valence electrons. The van der Waals surface area contributed by atoms with E-state index in [-0.39, 0.29) is 5.91 Å². The Morgan fingerprint density at radius 3 is 2.61 bits per heavy atom. The third-order valence-corrected chi connectivity index (χ3v) is 8.83. The van der Waals surface area contributed by atoms with E-state index in [9.17, 15) is 10.1 Å². The van der Waals surface area contributed by atoms with Crippen LogP contribution >= 0.6 is 0 Å². The molecule has 2 saturated heterocycles. The second kappa shape index (κ2) is 9.06. The highest BCUT2D eigenvalue weighted by molar-refractivity contribution is 6.10. The van der Waals surface area contributed by atoms with Crippen LogP contribution in [0.3, 0.4) is 0 Å². The third-order valence-electron chi connectivity index (χ3n) is 8.83. The first-order chi connectivity index (χ1) is 20.0. The summed E-state index contributed by atoms with van der Waals surface area (Å²) in [6.07, 6.45) is 3.85. The van der Waals surface area contributed by atoms with Gasteiger partial charge in [0.15, 0.2) is 5.82 Å².